The van der Waals surface area contributed by atoms with E-state index in [1.807, 2.05) is 12.1 Å². The van der Waals surface area contributed by atoms with Gasteiger partial charge in [-0.15, -0.1) is 0 Å². The van der Waals surface area contributed by atoms with Crippen LogP contribution in [0.15, 0.2) is 18.2 Å². The first-order chi connectivity index (χ1) is 9.29. The Balaban J connectivity index is 1.90. The van der Waals surface area contributed by atoms with Crippen molar-refractivity contribution in [3.63, 3.8) is 0 Å². The highest BCUT2D eigenvalue weighted by atomic mass is 35.5. The van der Waals surface area contributed by atoms with Crippen LogP contribution in [0, 0.1) is 0 Å². The minimum Gasteiger partial charge on any atom is -0.489 e. The molecule has 0 spiro atoms. The van der Waals surface area contributed by atoms with Gasteiger partial charge in [0.15, 0.2) is 0 Å². The molecular formula is C15H22ClNO2. The van der Waals surface area contributed by atoms with Crippen LogP contribution < -0.4 is 10.1 Å². The predicted octanol–water partition coefficient (Wildman–Crippen LogP) is 3.40. The molecule has 0 saturated carbocycles. The van der Waals surface area contributed by atoms with Gasteiger partial charge in [0.2, 0.25) is 0 Å². The van der Waals surface area contributed by atoms with Gasteiger partial charge >= 0.3 is 0 Å². The van der Waals surface area contributed by atoms with Crippen molar-refractivity contribution in [2.75, 3.05) is 19.8 Å². The van der Waals surface area contributed by atoms with Crippen molar-refractivity contribution in [3.8, 4) is 5.75 Å². The lowest BCUT2D eigenvalue weighted by Gasteiger charge is -2.24. The van der Waals surface area contributed by atoms with Crippen LogP contribution in [-0.2, 0) is 11.3 Å². The van der Waals surface area contributed by atoms with Crippen molar-refractivity contribution >= 4 is 11.6 Å². The molecule has 0 bridgehead atoms. The molecule has 1 aromatic carbocycles. The number of nitrogens with one attached hydrogen (secondary N) is 1. The summed E-state index contributed by atoms with van der Waals surface area (Å²) in [4.78, 5) is 0. The fourth-order valence-electron chi connectivity index (χ4n) is 2.13. The summed E-state index contributed by atoms with van der Waals surface area (Å²) >= 11 is 6.28. The molecule has 1 aliphatic rings. The Morgan fingerprint density at radius 3 is 2.84 bits per heavy atom. The highest BCUT2D eigenvalue weighted by molar-refractivity contribution is 6.32. The molecule has 2 rings (SSSR count). The molecule has 1 N–H and O–H groups in total. The topological polar surface area (TPSA) is 30.5 Å². The van der Waals surface area contributed by atoms with E-state index < -0.39 is 0 Å². The lowest BCUT2D eigenvalue weighted by Crippen LogP contribution is -2.26. The molecular weight excluding hydrogens is 262 g/mol. The van der Waals surface area contributed by atoms with Gasteiger partial charge in [0.25, 0.3) is 0 Å². The van der Waals surface area contributed by atoms with Gasteiger partial charge in [-0.2, -0.15) is 0 Å². The molecule has 0 atom stereocenters. The van der Waals surface area contributed by atoms with Gasteiger partial charge < -0.3 is 14.8 Å². The molecule has 0 aromatic heterocycles. The first kappa shape index (κ1) is 14.6. The third-order valence-corrected chi connectivity index (χ3v) is 3.51. The smallest absolute Gasteiger partial charge is 0.138 e. The summed E-state index contributed by atoms with van der Waals surface area (Å²) in [6.45, 7) is 5.59. The lowest BCUT2D eigenvalue weighted by molar-refractivity contribution is 0.0256. The summed E-state index contributed by atoms with van der Waals surface area (Å²) in [7, 11) is 0. The predicted molar refractivity (Wildman–Crippen MR) is 77.9 cm³/mol. The van der Waals surface area contributed by atoms with Gasteiger partial charge in [-0.25, -0.2) is 0 Å². The van der Waals surface area contributed by atoms with E-state index >= 15 is 0 Å². The zero-order valence-corrected chi connectivity index (χ0v) is 12.2. The molecule has 4 heteroatoms. The number of hydrogen-bond donors (Lipinski definition) is 1. The number of benzene rings is 1. The number of ether oxygens (including phenoxy) is 2. The summed E-state index contributed by atoms with van der Waals surface area (Å²) < 4.78 is 11.3. The molecule has 1 heterocycles. The average Bonchev–Trinajstić information content (AvgIpc) is 2.43. The molecule has 1 saturated heterocycles. The summed E-state index contributed by atoms with van der Waals surface area (Å²) in [5.74, 6) is 0.785. The highest BCUT2D eigenvalue weighted by Crippen LogP contribution is 2.28. The summed E-state index contributed by atoms with van der Waals surface area (Å²) in [5, 5.41) is 4.06. The van der Waals surface area contributed by atoms with Crippen LogP contribution in [-0.4, -0.2) is 25.9 Å². The molecule has 3 nitrogen and oxygen atoms in total. The largest absolute Gasteiger partial charge is 0.489 e. The fourth-order valence-corrected chi connectivity index (χ4v) is 2.38. The van der Waals surface area contributed by atoms with E-state index in [4.69, 9.17) is 21.1 Å². The standard InChI is InChI=1S/C15H22ClNO2/c1-2-7-17-11-12-3-4-15(14(16)10-12)19-13-5-8-18-9-6-13/h3-4,10,13,17H,2,5-9,11H2,1H3. The molecule has 106 valence electrons. The number of rotatable bonds is 6. The molecule has 0 unspecified atom stereocenters. The first-order valence-corrected chi connectivity index (χ1v) is 7.41. The normalized spacial score (nSPS) is 16.5. The number of hydrogen-bond acceptors (Lipinski definition) is 3. The van der Waals surface area contributed by atoms with Crippen LogP contribution >= 0.6 is 11.6 Å². The molecule has 19 heavy (non-hydrogen) atoms. The van der Waals surface area contributed by atoms with E-state index in [9.17, 15) is 0 Å². The van der Waals surface area contributed by atoms with Crippen molar-refractivity contribution in [1.82, 2.24) is 5.32 Å². The van der Waals surface area contributed by atoms with Gasteiger partial charge in [0.05, 0.1) is 18.2 Å². The van der Waals surface area contributed by atoms with Crippen LogP contribution in [0.4, 0.5) is 0 Å². The second-order valence-electron chi connectivity index (χ2n) is 4.87. The molecule has 0 amide bonds. The first-order valence-electron chi connectivity index (χ1n) is 7.03. The van der Waals surface area contributed by atoms with E-state index in [2.05, 4.69) is 18.3 Å². The maximum Gasteiger partial charge on any atom is 0.138 e. The van der Waals surface area contributed by atoms with E-state index in [1.165, 1.54) is 5.56 Å². The quantitative estimate of drug-likeness (QED) is 0.812. The Bertz CT molecular complexity index is 392. The van der Waals surface area contributed by atoms with Crippen molar-refractivity contribution in [2.45, 2.75) is 38.8 Å². The molecule has 1 aliphatic heterocycles. The van der Waals surface area contributed by atoms with Crippen LogP contribution in [0.1, 0.15) is 31.7 Å². The van der Waals surface area contributed by atoms with Gasteiger partial charge in [-0.1, -0.05) is 24.6 Å². The van der Waals surface area contributed by atoms with Crippen molar-refractivity contribution in [1.29, 1.82) is 0 Å². The van der Waals surface area contributed by atoms with E-state index in [0.717, 1.165) is 51.3 Å². The Morgan fingerprint density at radius 2 is 2.16 bits per heavy atom. The van der Waals surface area contributed by atoms with Crippen LogP contribution in [0.5, 0.6) is 5.75 Å². The van der Waals surface area contributed by atoms with Crippen molar-refractivity contribution in [3.05, 3.63) is 28.8 Å². The highest BCUT2D eigenvalue weighted by Gasteiger charge is 2.16. The molecule has 0 radical (unpaired) electrons. The Kier molecular flexibility index (Phi) is 5.95. The fraction of sp³-hybridized carbons (Fsp3) is 0.600. The van der Waals surface area contributed by atoms with Crippen LogP contribution in [0.3, 0.4) is 0 Å². The van der Waals surface area contributed by atoms with E-state index in [1.54, 1.807) is 0 Å². The van der Waals surface area contributed by atoms with E-state index in [-0.39, 0.29) is 6.10 Å². The molecule has 1 fully saturated rings. The zero-order chi connectivity index (χ0) is 13.5. The SMILES string of the molecule is CCCNCc1ccc(OC2CCOCC2)c(Cl)c1. The minimum atomic E-state index is 0.232. The Morgan fingerprint density at radius 1 is 1.37 bits per heavy atom. The Labute approximate surface area is 120 Å². The van der Waals surface area contributed by atoms with Gasteiger partial charge in [0, 0.05) is 19.4 Å². The summed E-state index contributed by atoms with van der Waals surface area (Å²) in [6.07, 6.45) is 3.25. The lowest BCUT2D eigenvalue weighted by atomic mass is 10.1. The third kappa shape index (κ3) is 4.68. The zero-order valence-electron chi connectivity index (χ0n) is 11.5. The van der Waals surface area contributed by atoms with Crippen molar-refractivity contribution in [2.24, 2.45) is 0 Å². The van der Waals surface area contributed by atoms with Gasteiger partial charge in [0.1, 0.15) is 11.9 Å². The molecule has 1 aromatic rings. The van der Waals surface area contributed by atoms with Gasteiger partial charge in [-0.05, 0) is 30.7 Å². The second-order valence-corrected chi connectivity index (χ2v) is 5.28. The monoisotopic (exact) mass is 283 g/mol. The van der Waals surface area contributed by atoms with Gasteiger partial charge in [-0.3, -0.25) is 0 Å². The van der Waals surface area contributed by atoms with E-state index in [0.29, 0.717) is 5.02 Å². The van der Waals surface area contributed by atoms with Crippen LogP contribution in [0.2, 0.25) is 5.02 Å². The summed E-state index contributed by atoms with van der Waals surface area (Å²) in [6, 6.07) is 6.03. The van der Waals surface area contributed by atoms with Crippen LogP contribution in [0.25, 0.3) is 0 Å². The maximum atomic E-state index is 6.28. The minimum absolute atomic E-state index is 0.232. The average molecular weight is 284 g/mol. The maximum absolute atomic E-state index is 6.28. The van der Waals surface area contributed by atoms with Crippen molar-refractivity contribution < 1.29 is 9.47 Å². The summed E-state index contributed by atoms with van der Waals surface area (Å²) in [5.41, 5.74) is 1.19. The Hall–Kier alpha value is -0.770. The third-order valence-electron chi connectivity index (χ3n) is 3.21. The number of halogens is 1. The molecule has 0 aliphatic carbocycles. The second kappa shape index (κ2) is 7.73.